The van der Waals surface area contributed by atoms with Crippen molar-refractivity contribution >= 4 is 21.8 Å². The maximum Gasteiger partial charge on any atom is 0.254 e. The molecular formula is C12H18BrN3O. The predicted octanol–water partition coefficient (Wildman–Crippen LogP) is 2.48. The highest BCUT2D eigenvalue weighted by atomic mass is 79.9. The van der Waals surface area contributed by atoms with Crippen molar-refractivity contribution in [1.82, 2.24) is 15.5 Å². The summed E-state index contributed by atoms with van der Waals surface area (Å²) in [7, 11) is 0. The highest BCUT2D eigenvalue weighted by molar-refractivity contribution is 9.09. The van der Waals surface area contributed by atoms with Gasteiger partial charge in [0, 0.05) is 18.1 Å². The lowest BCUT2D eigenvalue weighted by atomic mass is 9.75. The molecular weight excluding hydrogens is 282 g/mol. The first-order valence-corrected chi connectivity index (χ1v) is 7.21. The van der Waals surface area contributed by atoms with Crippen molar-refractivity contribution in [1.29, 1.82) is 0 Å². The molecule has 4 nitrogen and oxygen atoms in total. The second kappa shape index (κ2) is 5.67. The summed E-state index contributed by atoms with van der Waals surface area (Å²) in [6, 6.07) is 0. The monoisotopic (exact) mass is 299 g/mol. The molecule has 2 rings (SSSR count). The first kappa shape index (κ1) is 12.6. The topological polar surface area (TPSA) is 57.8 Å². The Morgan fingerprint density at radius 1 is 1.47 bits per heavy atom. The van der Waals surface area contributed by atoms with E-state index in [0.29, 0.717) is 5.56 Å². The molecule has 0 spiro atoms. The van der Waals surface area contributed by atoms with E-state index in [-0.39, 0.29) is 11.3 Å². The fraction of sp³-hybridized carbons (Fsp3) is 0.667. The Bertz CT molecular complexity index is 358. The minimum absolute atomic E-state index is 0.0374. The third-order valence-electron chi connectivity index (χ3n) is 3.58. The quantitative estimate of drug-likeness (QED) is 0.839. The molecule has 0 aromatic carbocycles. The zero-order chi connectivity index (χ0) is 12.1. The van der Waals surface area contributed by atoms with Gasteiger partial charge in [-0.25, -0.2) is 0 Å². The Morgan fingerprint density at radius 3 is 2.82 bits per heavy atom. The molecule has 1 saturated carbocycles. The molecule has 1 fully saturated rings. The molecule has 17 heavy (non-hydrogen) atoms. The number of amides is 1. The van der Waals surface area contributed by atoms with Crippen LogP contribution in [0.3, 0.4) is 0 Å². The van der Waals surface area contributed by atoms with Gasteiger partial charge in [0.15, 0.2) is 0 Å². The van der Waals surface area contributed by atoms with Crippen LogP contribution in [0.4, 0.5) is 0 Å². The Hall–Kier alpha value is -0.840. The van der Waals surface area contributed by atoms with Gasteiger partial charge in [-0.3, -0.25) is 9.89 Å². The second-order valence-electron chi connectivity index (χ2n) is 4.86. The molecule has 1 heterocycles. The highest BCUT2D eigenvalue weighted by Crippen LogP contribution is 2.37. The van der Waals surface area contributed by atoms with Crippen LogP contribution in [-0.2, 0) is 0 Å². The van der Waals surface area contributed by atoms with Crippen LogP contribution in [0.5, 0.6) is 0 Å². The molecule has 0 saturated heterocycles. The fourth-order valence-electron chi connectivity index (χ4n) is 2.40. The lowest BCUT2D eigenvalue weighted by Gasteiger charge is -2.35. The number of nitrogens with zero attached hydrogens (tertiary/aromatic N) is 1. The van der Waals surface area contributed by atoms with Crippen molar-refractivity contribution < 1.29 is 4.79 Å². The number of carbonyl (C=O) groups is 1. The highest BCUT2D eigenvalue weighted by Gasteiger charge is 2.31. The van der Waals surface area contributed by atoms with Gasteiger partial charge in [0.1, 0.15) is 0 Å². The molecule has 1 amide bonds. The number of aromatic nitrogens is 2. The summed E-state index contributed by atoms with van der Waals surface area (Å²) in [5, 5.41) is 10.4. The van der Waals surface area contributed by atoms with Crippen LogP contribution in [0.15, 0.2) is 12.4 Å². The third-order valence-corrected chi connectivity index (χ3v) is 4.77. The smallest absolute Gasteiger partial charge is 0.254 e. The van der Waals surface area contributed by atoms with Crippen molar-refractivity contribution in [2.75, 3.05) is 11.9 Å². The van der Waals surface area contributed by atoms with Crippen LogP contribution >= 0.6 is 15.9 Å². The van der Waals surface area contributed by atoms with Gasteiger partial charge >= 0.3 is 0 Å². The van der Waals surface area contributed by atoms with Gasteiger partial charge in [-0.2, -0.15) is 5.10 Å². The van der Waals surface area contributed by atoms with Gasteiger partial charge in [-0.05, 0) is 18.3 Å². The zero-order valence-electron chi connectivity index (χ0n) is 9.84. The number of rotatable bonds is 4. The molecule has 0 radical (unpaired) electrons. The Balaban J connectivity index is 1.89. The summed E-state index contributed by atoms with van der Waals surface area (Å²) in [4.78, 5) is 11.8. The minimum Gasteiger partial charge on any atom is -0.351 e. The van der Waals surface area contributed by atoms with Gasteiger partial charge in [0.25, 0.3) is 5.91 Å². The Morgan fingerprint density at radius 2 is 2.24 bits per heavy atom. The molecule has 0 bridgehead atoms. The molecule has 0 atom stereocenters. The van der Waals surface area contributed by atoms with E-state index in [1.54, 1.807) is 12.4 Å². The van der Waals surface area contributed by atoms with Crippen LogP contribution in [0.25, 0.3) is 0 Å². The fourth-order valence-corrected chi connectivity index (χ4v) is 3.16. The first-order valence-electron chi connectivity index (χ1n) is 6.09. The van der Waals surface area contributed by atoms with Crippen LogP contribution in [-0.4, -0.2) is 28.0 Å². The molecule has 1 aliphatic carbocycles. The first-order chi connectivity index (χ1) is 8.26. The minimum atomic E-state index is -0.0374. The van der Waals surface area contributed by atoms with E-state index in [0.717, 1.165) is 11.9 Å². The Kier molecular flexibility index (Phi) is 4.20. The number of hydrogen-bond acceptors (Lipinski definition) is 2. The van der Waals surface area contributed by atoms with Gasteiger partial charge in [0.05, 0.1) is 11.8 Å². The van der Waals surface area contributed by atoms with E-state index in [1.165, 1.54) is 32.1 Å². The normalized spacial score (nSPS) is 18.9. The number of aromatic amines is 1. The molecule has 1 aliphatic rings. The predicted molar refractivity (Wildman–Crippen MR) is 70.2 cm³/mol. The van der Waals surface area contributed by atoms with Crippen LogP contribution < -0.4 is 5.32 Å². The molecule has 2 N–H and O–H groups in total. The van der Waals surface area contributed by atoms with Crippen molar-refractivity contribution in [3.8, 4) is 0 Å². The number of carbonyl (C=O) groups excluding carboxylic acids is 1. The maximum atomic E-state index is 11.8. The molecule has 1 aromatic rings. The lowest BCUT2D eigenvalue weighted by molar-refractivity contribution is 0.0922. The van der Waals surface area contributed by atoms with Gasteiger partial charge in [-0.1, -0.05) is 35.2 Å². The van der Waals surface area contributed by atoms with E-state index < -0.39 is 0 Å². The van der Waals surface area contributed by atoms with Gasteiger partial charge in [-0.15, -0.1) is 0 Å². The summed E-state index contributed by atoms with van der Waals surface area (Å²) in [5.41, 5.74) is 0.850. The van der Waals surface area contributed by atoms with Gasteiger partial charge in [0.2, 0.25) is 0 Å². The zero-order valence-corrected chi connectivity index (χ0v) is 11.4. The molecule has 1 aromatic heterocycles. The van der Waals surface area contributed by atoms with Gasteiger partial charge < -0.3 is 5.32 Å². The summed E-state index contributed by atoms with van der Waals surface area (Å²) in [5.74, 6) is -0.0374. The average Bonchev–Trinajstić information content (AvgIpc) is 2.91. The van der Waals surface area contributed by atoms with E-state index in [1.807, 2.05) is 0 Å². The largest absolute Gasteiger partial charge is 0.351 e. The number of alkyl halides is 1. The summed E-state index contributed by atoms with van der Waals surface area (Å²) < 4.78 is 0. The molecule has 94 valence electrons. The lowest BCUT2D eigenvalue weighted by Crippen LogP contribution is -2.40. The van der Waals surface area contributed by atoms with E-state index in [2.05, 4.69) is 31.4 Å². The van der Waals surface area contributed by atoms with Crippen molar-refractivity contribution in [2.45, 2.75) is 32.1 Å². The van der Waals surface area contributed by atoms with E-state index in [4.69, 9.17) is 0 Å². The summed E-state index contributed by atoms with van der Waals surface area (Å²) >= 11 is 3.60. The summed E-state index contributed by atoms with van der Waals surface area (Å²) in [6.45, 7) is 0.752. The summed E-state index contributed by atoms with van der Waals surface area (Å²) in [6.07, 6.45) is 9.44. The average molecular weight is 300 g/mol. The van der Waals surface area contributed by atoms with Crippen LogP contribution in [0.1, 0.15) is 42.5 Å². The molecule has 5 heteroatoms. The number of nitrogens with one attached hydrogen (secondary N) is 2. The van der Waals surface area contributed by atoms with Crippen molar-refractivity contribution in [3.05, 3.63) is 18.0 Å². The number of H-pyrrole nitrogens is 1. The van der Waals surface area contributed by atoms with E-state index in [9.17, 15) is 4.79 Å². The van der Waals surface area contributed by atoms with Crippen LogP contribution in [0.2, 0.25) is 0 Å². The van der Waals surface area contributed by atoms with Crippen LogP contribution in [0, 0.1) is 5.41 Å². The van der Waals surface area contributed by atoms with E-state index >= 15 is 0 Å². The molecule has 0 aliphatic heterocycles. The molecule has 0 unspecified atom stereocenters. The standard InChI is InChI=1S/C12H18BrN3O/c13-8-12(4-2-1-3-5-12)9-14-11(17)10-6-15-16-7-10/h6-7H,1-5,8-9H2,(H,14,17)(H,15,16). The number of hydrogen-bond donors (Lipinski definition) is 2. The van der Waals surface area contributed by atoms with Crippen molar-refractivity contribution in [2.24, 2.45) is 5.41 Å². The second-order valence-corrected chi connectivity index (χ2v) is 5.42. The Labute approximate surface area is 110 Å². The SMILES string of the molecule is O=C(NCC1(CBr)CCCCC1)c1cn[nH]c1. The maximum absolute atomic E-state index is 11.8. The third kappa shape index (κ3) is 3.09. The number of halogens is 1. The van der Waals surface area contributed by atoms with Crippen molar-refractivity contribution in [3.63, 3.8) is 0 Å².